The van der Waals surface area contributed by atoms with E-state index in [9.17, 15) is 4.79 Å². The van der Waals surface area contributed by atoms with E-state index >= 15 is 0 Å². The van der Waals surface area contributed by atoms with Crippen LogP contribution in [0.15, 0.2) is 0 Å². The lowest BCUT2D eigenvalue weighted by molar-refractivity contribution is -0.148. The zero-order chi connectivity index (χ0) is 13.0. The molecule has 2 aliphatic heterocycles. The quantitative estimate of drug-likeness (QED) is 0.688. The SMILES string of the molecule is CCOC(=O)C(C)CN1CCN(C2CNC2)CC1. The normalized spacial score (nSPS) is 24.6. The average molecular weight is 255 g/mol. The summed E-state index contributed by atoms with van der Waals surface area (Å²) in [5.74, 6) is -0.0787. The lowest BCUT2D eigenvalue weighted by atomic mass is 10.1. The summed E-state index contributed by atoms with van der Waals surface area (Å²) in [4.78, 5) is 16.5. The average Bonchev–Trinajstić information content (AvgIpc) is 2.29. The summed E-state index contributed by atoms with van der Waals surface area (Å²) in [7, 11) is 0. The van der Waals surface area contributed by atoms with Gasteiger partial charge in [-0.15, -0.1) is 0 Å². The van der Waals surface area contributed by atoms with Crippen molar-refractivity contribution in [3.63, 3.8) is 0 Å². The predicted octanol–water partition coefficient (Wildman–Crippen LogP) is -0.225. The molecule has 104 valence electrons. The van der Waals surface area contributed by atoms with Gasteiger partial charge in [-0.2, -0.15) is 0 Å². The van der Waals surface area contributed by atoms with Crippen LogP contribution in [0.25, 0.3) is 0 Å². The van der Waals surface area contributed by atoms with Crippen molar-refractivity contribution in [2.45, 2.75) is 19.9 Å². The molecule has 0 aromatic carbocycles. The first-order valence-corrected chi connectivity index (χ1v) is 7.04. The molecule has 0 aromatic rings. The second-order valence-electron chi connectivity index (χ2n) is 5.30. The standard InChI is InChI=1S/C13H25N3O2/c1-3-18-13(17)11(2)10-15-4-6-16(7-5-15)12-8-14-9-12/h11-12,14H,3-10H2,1-2H3. The first-order valence-electron chi connectivity index (χ1n) is 7.04. The van der Waals surface area contributed by atoms with Crippen LogP contribution in [0.5, 0.6) is 0 Å². The number of nitrogens with zero attached hydrogens (tertiary/aromatic N) is 2. The van der Waals surface area contributed by atoms with Crippen molar-refractivity contribution in [1.82, 2.24) is 15.1 Å². The van der Waals surface area contributed by atoms with Gasteiger partial charge < -0.3 is 10.1 Å². The molecule has 0 aromatic heterocycles. The van der Waals surface area contributed by atoms with E-state index in [0.717, 1.165) is 51.9 Å². The van der Waals surface area contributed by atoms with Gasteiger partial charge in [-0.1, -0.05) is 6.92 Å². The number of ether oxygens (including phenoxy) is 1. The minimum atomic E-state index is -0.0666. The Morgan fingerprint density at radius 1 is 1.33 bits per heavy atom. The van der Waals surface area contributed by atoms with Crippen molar-refractivity contribution in [2.24, 2.45) is 5.92 Å². The smallest absolute Gasteiger partial charge is 0.309 e. The maximum absolute atomic E-state index is 11.6. The van der Waals surface area contributed by atoms with Crippen LogP contribution in [0.4, 0.5) is 0 Å². The molecule has 1 atom stereocenters. The highest BCUT2D eigenvalue weighted by Gasteiger charge is 2.28. The zero-order valence-corrected chi connectivity index (χ0v) is 11.5. The van der Waals surface area contributed by atoms with Crippen molar-refractivity contribution in [1.29, 1.82) is 0 Å². The number of hydrogen-bond acceptors (Lipinski definition) is 5. The number of carbonyl (C=O) groups is 1. The van der Waals surface area contributed by atoms with E-state index in [1.807, 2.05) is 13.8 Å². The van der Waals surface area contributed by atoms with Crippen LogP contribution >= 0.6 is 0 Å². The van der Waals surface area contributed by atoms with Crippen LogP contribution in [0, 0.1) is 5.92 Å². The first-order chi connectivity index (χ1) is 8.70. The molecule has 18 heavy (non-hydrogen) atoms. The predicted molar refractivity (Wildman–Crippen MR) is 70.5 cm³/mol. The summed E-state index contributed by atoms with van der Waals surface area (Å²) in [6, 6.07) is 0.745. The molecule has 0 aliphatic carbocycles. The molecule has 0 saturated carbocycles. The minimum Gasteiger partial charge on any atom is -0.466 e. The fraction of sp³-hybridized carbons (Fsp3) is 0.923. The Bertz CT molecular complexity index is 273. The Morgan fingerprint density at radius 2 is 2.00 bits per heavy atom. The molecule has 2 fully saturated rings. The van der Waals surface area contributed by atoms with Crippen LogP contribution in [0.2, 0.25) is 0 Å². The maximum atomic E-state index is 11.6. The Morgan fingerprint density at radius 3 is 2.50 bits per heavy atom. The highest BCUT2D eigenvalue weighted by atomic mass is 16.5. The second kappa shape index (κ2) is 6.50. The Balaban J connectivity index is 1.67. The Labute approximate surface area is 109 Å². The zero-order valence-electron chi connectivity index (χ0n) is 11.5. The molecule has 0 radical (unpaired) electrons. The van der Waals surface area contributed by atoms with Crippen LogP contribution in [-0.4, -0.2) is 74.2 Å². The first kappa shape index (κ1) is 13.8. The molecule has 5 heteroatoms. The van der Waals surface area contributed by atoms with E-state index in [1.165, 1.54) is 0 Å². The number of nitrogens with one attached hydrogen (secondary N) is 1. The van der Waals surface area contributed by atoms with Crippen LogP contribution in [0.1, 0.15) is 13.8 Å². The van der Waals surface area contributed by atoms with Crippen molar-refractivity contribution >= 4 is 5.97 Å². The van der Waals surface area contributed by atoms with Crippen LogP contribution in [0.3, 0.4) is 0 Å². The summed E-state index contributed by atoms with van der Waals surface area (Å²) in [5.41, 5.74) is 0. The molecule has 2 saturated heterocycles. The summed E-state index contributed by atoms with van der Waals surface area (Å²) < 4.78 is 5.05. The molecule has 5 nitrogen and oxygen atoms in total. The van der Waals surface area contributed by atoms with E-state index in [0.29, 0.717) is 6.61 Å². The van der Waals surface area contributed by atoms with Crippen LogP contribution < -0.4 is 5.32 Å². The highest BCUT2D eigenvalue weighted by Crippen LogP contribution is 2.11. The number of hydrogen-bond donors (Lipinski definition) is 1. The highest BCUT2D eigenvalue weighted by molar-refractivity contribution is 5.72. The monoisotopic (exact) mass is 255 g/mol. The van der Waals surface area contributed by atoms with Gasteiger partial charge in [0.1, 0.15) is 0 Å². The fourth-order valence-corrected chi connectivity index (χ4v) is 2.59. The molecule has 2 rings (SSSR count). The van der Waals surface area contributed by atoms with Crippen molar-refractivity contribution in [2.75, 3.05) is 52.4 Å². The van der Waals surface area contributed by atoms with Gasteiger partial charge in [0.05, 0.1) is 12.5 Å². The van der Waals surface area contributed by atoms with E-state index in [2.05, 4.69) is 15.1 Å². The number of carbonyl (C=O) groups excluding carboxylic acids is 1. The molecule has 1 N–H and O–H groups in total. The molecular formula is C13H25N3O2. The molecule has 2 heterocycles. The molecule has 0 bridgehead atoms. The van der Waals surface area contributed by atoms with Gasteiger partial charge in [0, 0.05) is 51.9 Å². The lowest BCUT2D eigenvalue weighted by Gasteiger charge is -2.43. The van der Waals surface area contributed by atoms with E-state index in [4.69, 9.17) is 4.74 Å². The number of piperazine rings is 1. The summed E-state index contributed by atoms with van der Waals surface area (Å²) in [6.45, 7) is 11.8. The molecule has 0 spiro atoms. The van der Waals surface area contributed by atoms with E-state index < -0.39 is 0 Å². The third kappa shape index (κ3) is 3.43. The van der Waals surface area contributed by atoms with Gasteiger partial charge in [0.25, 0.3) is 0 Å². The van der Waals surface area contributed by atoms with Crippen LogP contribution in [-0.2, 0) is 9.53 Å². The molecule has 1 unspecified atom stereocenters. The van der Waals surface area contributed by atoms with Gasteiger partial charge in [-0.3, -0.25) is 14.6 Å². The lowest BCUT2D eigenvalue weighted by Crippen LogP contribution is -2.61. The summed E-state index contributed by atoms with van der Waals surface area (Å²) in [6.07, 6.45) is 0. The second-order valence-corrected chi connectivity index (χ2v) is 5.30. The summed E-state index contributed by atoms with van der Waals surface area (Å²) in [5, 5.41) is 3.31. The fourth-order valence-electron chi connectivity index (χ4n) is 2.59. The van der Waals surface area contributed by atoms with Gasteiger partial charge in [0.2, 0.25) is 0 Å². The van der Waals surface area contributed by atoms with Crippen molar-refractivity contribution in [3.05, 3.63) is 0 Å². The molecular weight excluding hydrogens is 230 g/mol. The largest absolute Gasteiger partial charge is 0.466 e. The molecule has 2 aliphatic rings. The van der Waals surface area contributed by atoms with Gasteiger partial charge in [-0.25, -0.2) is 0 Å². The van der Waals surface area contributed by atoms with Crippen molar-refractivity contribution in [3.8, 4) is 0 Å². The van der Waals surface area contributed by atoms with Gasteiger partial charge >= 0.3 is 5.97 Å². The van der Waals surface area contributed by atoms with Gasteiger partial charge in [0.15, 0.2) is 0 Å². The topological polar surface area (TPSA) is 44.8 Å². The Kier molecular flexibility index (Phi) is 4.97. The third-order valence-electron chi connectivity index (χ3n) is 3.90. The minimum absolute atomic E-state index is 0.0122. The number of rotatable bonds is 5. The van der Waals surface area contributed by atoms with Crippen molar-refractivity contribution < 1.29 is 9.53 Å². The van der Waals surface area contributed by atoms with E-state index in [-0.39, 0.29) is 11.9 Å². The third-order valence-corrected chi connectivity index (χ3v) is 3.90. The Hall–Kier alpha value is -0.650. The van der Waals surface area contributed by atoms with E-state index in [1.54, 1.807) is 0 Å². The number of esters is 1. The summed E-state index contributed by atoms with van der Waals surface area (Å²) >= 11 is 0. The molecule has 0 amide bonds. The van der Waals surface area contributed by atoms with Gasteiger partial charge in [-0.05, 0) is 6.92 Å². The maximum Gasteiger partial charge on any atom is 0.309 e.